The fourth-order valence-corrected chi connectivity index (χ4v) is 1.50. The molecule has 0 heterocycles. The first-order valence-electron chi connectivity index (χ1n) is 4.31. The summed E-state index contributed by atoms with van der Waals surface area (Å²) < 4.78 is 13.0. The van der Waals surface area contributed by atoms with Gasteiger partial charge in [0.15, 0.2) is 0 Å². The summed E-state index contributed by atoms with van der Waals surface area (Å²) >= 11 is 5.52. The lowest BCUT2D eigenvalue weighted by Gasteiger charge is -2.09. The first-order chi connectivity index (χ1) is 6.18. The third kappa shape index (κ3) is 1.84. The Morgan fingerprint density at radius 3 is 2.69 bits per heavy atom. The van der Waals surface area contributed by atoms with Crippen molar-refractivity contribution in [3.63, 3.8) is 0 Å². The van der Waals surface area contributed by atoms with Crippen LogP contribution in [-0.4, -0.2) is 5.11 Å². The molecule has 3 heteroatoms. The van der Waals surface area contributed by atoms with Crippen molar-refractivity contribution in [2.75, 3.05) is 0 Å². The molecule has 70 valence electrons. The van der Waals surface area contributed by atoms with Gasteiger partial charge in [-0.2, -0.15) is 0 Å². The minimum absolute atomic E-state index is 0.103. The molecule has 1 aliphatic carbocycles. The molecule has 0 bridgehead atoms. The van der Waals surface area contributed by atoms with Crippen molar-refractivity contribution in [2.45, 2.75) is 18.9 Å². The van der Waals surface area contributed by atoms with Crippen LogP contribution in [0.3, 0.4) is 0 Å². The van der Waals surface area contributed by atoms with Gasteiger partial charge in [-0.3, -0.25) is 0 Å². The number of hydrogen-bond acceptors (Lipinski definition) is 1. The standard InChI is InChI=1S/C10H10ClFO/c11-8-4-3-7(5-9(8)12)10(13)6-1-2-6/h3-6,10,13H,1-2H2. The molecular weight excluding hydrogens is 191 g/mol. The molecule has 0 amide bonds. The van der Waals surface area contributed by atoms with Gasteiger partial charge >= 0.3 is 0 Å². The van der Waals surface area contributed by atoms with Crippen molar-refractivity contribution in [1.82, 2.24) is 0 Å². The highest BCUT2D eigenvalue weighted by Gasteiger charge is 2.30. The number of aliphatic hydroxyl groups excluding tert-OH is 1. The van der Waals surface area contributed by atoms with Gasteiger partial charge in [0.1, 0.15) is 5.82 Å². The molecule has 1 atom stereocenters. The highest BCUT2D eigenvalue weighted by atomic mass is 35.5. The monoisotopic (exact) mass is 200 g/mol. The summed E-state index contributed by atoms with van der Waals surface area (Å²) in [5.74, 6) is -0.139. The Balaban J connectivity index is 2.24. The van der Waals surface area contributed by atoms with Gasteiger partial charge in [0, 0.05) is 0 Å². The van der Waals surface area contributed by atoms with E-state index in [1.807, 2.05) is 0 Å². The van der Waals surface area contributed by atoms with Crippen LogP contribution in [0.2, 0.25) is 5.02 Å². The third-order valence-electron chi connectivity index (χ3n) is 2.35. The summed E-state index contributed by atoms with van der Waals surface area (Å²) in [5, 5.41) is 9.77. The first-order valence-corrected chi connectivity index (χ1v) is 4.69. The minimum Gasteiger partial charge on any atom is -0.388 e. The second kappa shape index (κ2) is 3.28. The lowest BCUT2D eigenvalue weighted by Crippen LogP contribution is -1.99. The van der Waals surface area contributed by atoms with Crippen molar-refractivity contribution in [2.24, 2.45) is 5.92 Å². The quantitative estimate of drug-likeness (QED) is 0.779. The second-order valence-corrected chi connectivity index (χ2v) is 3.86. The maximum Gasteiger partial charge on any atom is 0.142 e. The molecule has 1 unspecified atom stereocenters. The average Bonchev–Trinajstić information content (AvgIpc) is 2.91. The van der Waals surface area contributed by atoms with Crippen molar-refractivity contribution >= 4 is 11.6 Å². The normalized spacial score (nSPS) is 18.7. The minimum atomic E-state index is -0.522. The van der Waals surface area contributed by atoms with Crippen LogP contribution in [0, 0.1) is 11.7 Å². The van der Waals surface area contributed by atoms with E-state index in [1.165, 1.54) is 12.1 Å². The van der Waals surface area contributed by atoms with E-state index in [-0.39, 0.29) is 5.02 Å². The molecular formula is C10H10ClFO. The van der Waals surface area contributed by atoms with Crippen LogP contribution in [0.15, 0.2) is 18.2 Å². The van der Waals surface area contributed by atoms with E-state index >= 15 is 0 Å². The molecule has 1 fully saturated rings. The molecule has 1 aromatic rings. The summed E-state index contributed by atoms with van der Waals surface area (Å²) in [7, 11) is 0. The molecule has 0 spiro atoms. The van der Waals surface area contributed by atoms with Crippen LogP contribution in [0.1, 0.15) is 24.5 Å². The van der Waals surface area contributed by atoms with Gasteiger partial charge in [0.2, 0.25) is 0 Å². The fourth-order valence-electron chi connectivity index (χ4n) is 1.38. The summed E-state index contributed by atoms with van der Waals surface area (Å²) in [5.41, 5.74) is 0.629. The van der Waals surface area contributed by atoms with Gasteiger partial charge in [0.05, 0.1) is 11.1 Å². The van der Waals surface area contributed by atoms with E-state index in [4.69, 9.17) is 11.6 Å². The van der Waals surface area contributed by atoms with Gasteiger partial charge in [-0.1, -0.05) is 17.7 Å². The van der Waals surface area contributed by atoms with Crippen molar-refractivity contribution in [3.8, 4) is 0 Å². The molecule has 0 saturated heterocycles. The summed E-state index contributed by atoms with van der Waals surface area (Å²) in [6.07, 6.45) is 1.54. The van der Waals surface area contributed by atoms with Crippen LogP contribution in [0.4, 0.5) is 4.39 Å². The smallest absolute Gasteiger partial charge is 0.142 e. The molecule has 1 nitrogen and oxygen atoms in total. The van der Waals surface area contributed by atoms with Crippen LogP contribution < -0.4 is 0 Å². The Kier molecular flexibility index (Phi) is 2.26. The third-order valence-corrected chi connectivity index (χ3v) is 2.66. The lowest BCUT2D eigenvalue weighted by molar-refractivity contribution is 0.153. The average molecular weight is 201 g/mol. The van der Waals surface area contributed by atoms with Gasteiger partial charge in [-0.15, -0.1) is 0 Å². The Labute approximate surface area is 81.1 Å². The van der Waals surface area contributed by atoms with E-state index in [2.05, 4.69) is 0 Å². The van der Waals surface area contributed by atoms with Crippen molar-refractivity contribution in [3.05, 3.63) is 34.6 Å². The fraction of sp³-hybridized carbons (Fsp3) is 0.400. The summed E-state index contributed by atoms with van der Waals surface area (Å²) in [4.78, 5) is 0. The topological polar surface area (TPSA) is 20.2 Å². The number of benzene rings is 1. The van der Waals surface area contributed by atoms with Gasteiger partial charge < -0.3 is 5.11 Å². The van der Waals surface area contributed by atoms with Crippen LogP contribution in [-0.2, 0) is 0 Å². The van der Waals surface area contributed by atoms with Crippen molar-refractivity contribution in [1.29, 1.82) is 0 Å². The zero-order valence-corrected chi connectivity index (χ0v) is 7.76. The number of rotatable bonds is 2. The molecule has 1 saturated carbocycles. The molecule has 2 rings (SSSR count). The molecule has 1 aromatic carbocycles. The first kappa shape index (κ1) is 8.97. The molecule has 0 aliphatic heterocycles. The molecule has 1 N–H and O–H groups in total. The van der Waals surface area contributed by atoms with E-state index in [0.29, 0.717) is 11.5 Å². The number of hydrogen-bond donors (Lipinski definition) is 1. The van der Waals surface area contributed by atoms with Crippen LogP contribution in [0.25, 0.3) is 0 Å². The molecule has 13 heavy (non-hydrogen) atoms. The Bertz CT molecular complexity index is 323. The van der Waals surface area contributed by atoms with Gasteiger partial charge in [-0.25, -0.2) is 4.39 Å². The van der Waals surface area contributed by atoms with Crippen molar-refractivity contribution < 1.29 is 9.50 Å². The second-order valence-electron chi connectivity index (χ2n) is 3.46. The zero-order chi connectivity index (χ0) is 9.42. The Morgan fingerprint density at radius 1 is 1.46 bits per heavy atom. The van der Waals surface area contributed by atoms with Gasteiger partial charge in [0.25, 0.3) is 0 Å². The van der Waals surface area contributed by atoms with Gasteiger partial charge in [-0.05, 0) is 36.5 Å². The summed E-state index contributed by atoms with van der Waals surface area (Å²) in [6, 6.07) is 4.47. The Hall–Kier alpha value is -0.600. The maximum atomic E-state index is 13.0. The maximum absolute atomic E-state index is 13.0. The number of halogens is 2. The van der Waals surface area contributed by atoms with E-state index in [0.717, 1.165) is 12.8 Å². The van der Waals surface area contributed by atoms with Crippen LogP contribution >= 0.6 is 11.6 Å². The zero-order valence-electron chi connectivity index (χ0n) is 7.00. The molecule has 0 radical (unpaired) electrons. The van der Waals surface area contributed by atoms with E-state index in [9.17, 15) is 9.50 Å². The molecule has 1 aliphatic rings. The Morgan fingerprint density at radius 2 is 2.15 bits per heavy atom. The highest BCUT2D eigenvalue weighted by Crippen LogP contribution is 2.41. The lowest BCUT2D eigenvalue weighted by atomic mass is 10.1. The van der Waals surface area contributed by atoms with E-state index < -0.39 is 11.9 Å². The van der Waals surface area contributed by atoms with Crippen LogP contribution in [0.5, 0.6) is 0 Å². The SMILES string of the molecule is OC(c1ccc(Cl)c(F)c1)C1CC1. The van der Waals surface area contributed by atoms with E-state index in [1.54, 1.807) is 6.07 Å². The highest BCUT2D eigenvalue weighted by molar-refractivity contribution is 6.30. The molecule has 0 aromatic heterocycles. The summed E-state index contributed by atoms with van der Waals surface area (Å²) in [6.45, 7) is 0. The largest absolute Gasteiger partial charge is 0.388 e. The predicted molar refractivity (Wildman–Crippen MR) is 49.1 cm³/mol. The predicted octanol–water partition coefficient (Wildman–Crippen LogP) is 2.92. The number of aliphatic hydroxyl groups is 1.